The van der Waals surface area contributed by atoms with E-state index in [4.69, 9.17) is 0 Å². The van der Waals surface area contributed by atoms with Crippen LogP contribution < -0.4 is 5.32 Å². The van der Waals surface area contributed by atoms with E-state index < -0.39 is 0 Å². The maximum atomic E-state index is 11.2. The monoisotopic (exact) mass is 167 g/mol. The molecule has 2 nitrogen and oxygen atoms in total. The van der Waals surface area contributed by atoms with Crippen molar-refractivity contribution in [3.8, 4) is 0 Å². The Hall–Kier alpha value is -0.530. The lowest BCUT2D eigenvalue weighted by Gasteiger charge is -2.58. The number of hydrogen-bond donors (Lipinski definition) is 1. The molecule has 3 aliphatic rings. The molecule has 12 heavy (non-hydrogen) atoms. The fraction of sp³-hybridized carbons (Fsp3) is 0.900. The highest BCUT2D eigenvalue weighted by atomic mass is 16.2. The van der Waals surface area contributed by atoms with Crippen molar-refractivity contribution in [1.82, 2.24) is 5.32 Å². The van der Waals surface area contributed by atoms with Crippen molar-refractivity contribution < 1.29 is 4.79 Å². The Balaban J connectivity index is 2.16. The summed E-state index contributed by atoms with van der Waals surface area (Å²) in [4.78, 5) is 11.2. The van der Waals surface area contributed by atoms with Gasteiger partial charge in [0.05, 0.1) is 0 Å². The molecular weight excluding hydrogens is 150 g/mol. The first kappa shape index (κ1) is 8.09. The molecule has 1 aliphatic carbocycles. The fourth-order valence-electron chi connectivity index (χ4n) is 2.49. The van der Waals surface area contributed by atoms with E-state index in [2.05, 4.69) is 26.1 Å². The number of carbonyl (C=O) groups is 1. The lowest BCUT2D eigenvalue weighted by Crippen LogP contribution is -2.62. The molecule has 1 N–H and O–H groups in total. The van der Waals surface area contributed by atoms with Gasteiger partial charge >= 0.3 is 0 Å². The van der Waals surface area contributed by atoms with Gasteiger partial charge in [0.25, 0.3) is 0 Å². The van der Waals surface area contributed by atoms with Crippen LogP contribution in [0, 0.1) is 16.7 Å². The molecule has 0 aromatic carbocycles. The molecule has 2 aliphatic heterocycles. The summed E-state index contributed by atoms with van der Waals surface area (Å²) in [7, 11) is 0. The molecule has 0 atom stereocenters. The van der Waals surface area contributed by atoms with E-state index in [9.17, 15) is 4.79 Å². The van der Waals surface area contributed by atoms with Gasteiger partial charge in [-0.15, -0.1) is 0 Å². The first-order valence-corrected chi connectivity index (χ1v) is 4.72. The number of nitrogens with one attached hydrogen (secondary N) is 1. The molecular formula is C10H17NO. The second kappa shape index (κ2) is 2.04. The minimum Gasteiger partial charge on any atom is -0.355 e. The standard InChI is InChI=1S/C10H17NO/c1-9(2,3)10-4-7(5-10)8(12)11-6-10/h7H,4-6H2,1-3H3,(H,11,12). The predicted molar refractivity (Wildman–Crippen MR) is 47.6 cm³/mol. The number of hydrogen-bond acceptors (Lipinski definition) is 1. The third-order valence-electron chi connectivity index (χ3n) is 3.84. The van der Waals surface area contributed by atoms with Gasteiger partial charge in [-0.25, -0.2) is 0 Å². The minimum absolute atomic E-state index is 0.279. The first-order valence-electron chi connectivity index (χ1n) is 4.72. The molecule has 2 saturated heterocycles. The van der Waals surface area contributed by atoms with Gasteiger partial charge in [-0.1, -0.05) is 20.8 Å². The van der Waals surface area contributed by atoms with Gasteiger partial charge in [0.15, 0.2) is 0 Å². The van der Waals surface area contributed by atoms with Crippen LogP contribution in [0.5, 0.6) is 0 Å². The van der Waals surface area contributed by atoms with Gasteiger partial charge in [0, 0.05) is 12.5 Å². The summed E-state index contributed by atoms with van der Waals surface area (Å²) in [6, 6.07) is 0. The van der Waals surface area contributed by atoms with Crippen LogP contribution in [0.25, 0.3) is 0 Å². The summed E-state index contributed by atoms with van der Waals surface area (Å²) in [5.41, 5.74) is 0.753. The molecule has 0 spiro atoms. The van der Waals surface area contributed by atoms with Crippen LogP contribution in [0.2, 0.25) is 0 Å². The van der Waals surface area contributed by atoms with Crippen LogP contribution in [0.4, 0.5) is 0 Å². The van der Waals surface area contributed by atoms with Crippen LogP contribution >= 0.6 is 0 Å². The number of rotatable bonds is 0. The average molecular weight is 167 g/mol. The van der Waals surface area contributed by atoms with Gasteiger partial charge in [0.2, 0.25) is 5.91 Å². The summed E-state index contributed by atoms with van der Waals surface area (Å²) in [6.45, 7) is 7.73. The van der Waals surface area contributed by atoms with Crippen molar-refractivity contribution in [2.75, 3.05) is 6.54 Å². The van der Waals surface area contributed by atoms with Crippen LogP contribution in [-0.4, -0.2) is 12.5 Å². The Bertz CT molecular complexity index is 215. The normalized spacial score (nSPS) is 40.2. The van der Waals surface area contributed by atoms with Crippen molar-refractivity contribution in [3.05, 3.63) is 0 Å². The van der Waals surface area contributed by atoms with Crippen LogP contribution in [-0.2, 0) is 4.79 Å². The van der Waals surface area contributed by atoms with E-state index in [1.54, 1.807) is 0 Å². The second-order valence-corrected chi connectivity index (χ2v) is 5.35. The molecule has 1 amide bonds. The molecule has 0 aromatic rings. The van der Waals surface area contributed by atoms with Crippen molar-refractivity contribution >= 4 is 5.91 Å². The Morgan fingerprint density at radius 1 is 1.42 bits per heavy atom. The molecule has 0 radical (unpaired) electrons. The first-order chi connectivity index (χ1) is 5.45. The molecule has 68 valence electrons. The number of carbonyl (C=O) groups excluding carboxylic acids is 1. The summed E-state index contributed by atoms with van der Waals surface area (Å²) < 4.78 is 0. The van der Waals surface area contributed by atoms with Crippen molar-refractivity contribution in [1.29, 1.82) is 0 Å². The highest BCUT2D eigenvalue weighted by Gasteiger charge is 2.56. The highest BCUT2D eigenvalue weighted by molar-refractivity contribution is 5.81. The lowest BCUT2D eigenvalue weighted by molar-refractivity contribution is -0.151. The number of piperidine rings is 2. The zero-order valence-corrected chi connectivity index (χ0v) is 8.11. The molecule has 1 saturated carbocycles. The quantitative estimate of drug-likeness (QED) is 0.583. The summed E-state index contributed by atoms with van der Waals surface area (Å²) in [5, 5.41) is 2.99. The highest BCUT2D eigenvalue weighted by Crippen LogP contribution is 2.58. The average Bonchev–Trinajstić information content (AvgIpc) is 1.82. The Kier molecular flexibility index (Phi) is 1.37. The fourth-order valence-corrected chi connectivity index (χ4v) is 2.49. The molecule has 2 heteroatoms. The largest absolute Gasteiger partial charge is 0.355 e. The van der Waals surface area contributed by atoms with Crippen LogP contribution in [0.15, 0.2) is 0 Å². The predicted octanol–water partition coefficient (Wildman–Crippen LogP) is 1.56. The second-order valence-electron chi connectivity index (χ2n) is 5.35. The van der Waals surface area contributed by atoms with E-state index in [-0.39, 0.29) is 5.91 Å². The Morgan fingerprint density at radius 2 is 2.00 bits per heavy atom. The van der Waals surface area contributed by atoms with E-state index in [0.717, 1.165) is 19.4 Å². The molecule has 2 bridgehead atoms. The topological polar surface area (TPSA) is 29.1 Å². The molecule has 3 rings (SSSR count). The Labute approximate surface area is 73.7 Å². The number of fused-ring (bicyclic) bond motifs is 2. The summed E-state index contributed by atoms with van der Waals surface area (Å²) in [6.07, 6.45) is 2.23. The third-order valence-corrected chi connectivity index (χ3v) is 3.84. The zero-order chi connectivity index (χ0) is 8.98. The summed E-state index contributed by atoms with van der Waals surface area (Å²) in [5.74, 6) is 0.610. The van der Waals surface area contributed by atoms with Crippen LogP contribution in [0.1, 0.15) is 33.6 Å². The van der Waals surface area contributed by atoms with Gasteiger partial charge in [-0.2, -0.15) is 0 Å². The minimum atomic E-state index is 0.279. The van der Waals surface area contributed by atoms with E-state index in [1.807, 2.05) is 0 Å². The molecule has 0 aromatic heterocycles. The van der Waals surface area contributed by atoms with Crippen molar-refractivity contribution in [3.63, 3.8) is 0 Å². The summed E-state index contributed by atoms with van der Waals surface area (Å²) >= 11 is 0. The molecule has 3 fully saturated rings. The number of amides is 1. The van der Waals surface area contributed by atoms with E-state index >= 15 is 0 Å². The van der Waals surface area contributed by atoms with Gasteiger partial charge in [-0.05, 0) is 23.7 Å². The van der Waals surface area contributed by atoms with Crippen molar-refractivity contribution in [2.24, 2.45) is 16.7 Å². The van der Waals surface area contributed by atoms with Crippen LogP contribution in [0.3, 0.4) is 0 Å². The van der Waals surface area contributed by atoms with Gasteiger partial charge in [-0.3, -0.25) is 4.79 Å². The SMILES string of the molecule is CC(C)(C)C12CNC(=O)C(C1)C2. The van der Waals surface area contributed by atoms with E-state index in [1.165, 1.54) is 0 Å². The van der Waals surface area contributed by atoms with Crippen molar-refractivity contribution in [2.45, 2.75) is 33.6 Å². The Morgan fingerprint density at radius 3 is 2.33 bits per heavy atom. The van der Waals surface area contributed by atoms with Gasteiger partial charge < -0.3 is 5.32 Å². The zero-order valence-electron chi connectivity index (χ0n) is 8.11. The maximum absolute atomic E-state index is 11.2. The van der Waals surface area contributed by atoms with Gasteiger partial charge in [0.1, 0.15) is 0 Å². The van der Waals surface area contributed by atoms with E-state index in [0.29, 0.717) is 16.7 Å². The lowest BCUT2D eigenvalue weighted by atomic mass is 9.49. The molecule has 0 unspecified atom stereocenters. The maximum Gasteiger partial charge on any atom is 0.223 e. The third kappa shape index (κ3) is 0.838. The smallest absolute Gasteiger partial charge is 0.223 e. The molecule has 2 heterocycles.